The molecule has 0 radical (unpaired) electrons. The fourth-order valence-corrected chi connectivity index (χ4v) is 3.53. The van der Waals surface area contributed by atoms with E-state index in [0.717, 1.165) is 42.9 Å². The molecular formula is C23H25N5O. The zero-order valence-corrected chi connectivity index (χ0v) is 16.2. The van der Waals surface area contributed by atoms with E-state index in [0.29, 0.717) is 23.0 Å². The number of hydrogen-bond acceptors (Lipinski definition) is 5. The van der Waals surface area contributed by atoms with Gasteiger partial charge in [0.1, 0.15) is 0 Å². The average Bonchev–Trinajstić information content (AvgIpc) is 2.76. The lowest BCUT2D eigenvalue weighted by molar-refractivity contribution is 0.102. The van der Waals surface area contributed by atoms with Crippen molar-refractivity contribution in [2.75, 3.05) is 29.0 Å². The van der Waals surface area contributed by atoms with E-state index in [4.69, 9.17) is 11.5 Å². The Kier molecular flexibility index (Phi) is 5.44. The number of hydrogen-bond donors (Lipinski definition) is 3. The van der Waals surface area contributed by atoms with E-state index in [9.17, 15) is 4.79 Å². The molecule has 2 heterocycles. The molecule has 1 aromatic heterocycles. The lowest BCUT2D eigenvalue weighted by Gasteiger charge is -2.32. The number of pyridine rings is 1. The van der Waals surface area contributed by atoms with Crippen LogP contribution in [0.2, 0.25) is 0 Å². The quantitative estimate of drug-likeness (QED) is 0.595. The summed E-state index contributed by atoms with van der Waals surface area (Å²) in [6, 6.07) is 19.2. The summed E-state index contributed by atoms with van der Waals surface area (Å²) < 4.78 is 0. The second-order valence-electron chi connectivity index (χ2n) is 7.34. The molecule has 148 valence electrons. The molecule has 1 fully saturated rings. The number of aromatic nitrogens is 1. The summed E-state index contributed by atoms with van der Waals surface area (Å²) in [5, 5.41) is 2.92. The van der Waals surface area contributed by atoms with Crippen LogP contribution in [0.4, 0.5) is 17.1 Å². The number of amides is 1. The van der Waals surface area contributed by atoms with Crippen LogP contribution in [0.15, 0.2) is 66.9 Å². The van der Waals surface area contributed by atoms with Crippen molar-refractivity contribution in [3.8, 4) is 11.3 Å². The van der Waals surface area contributed by atoms with Gasteiger partial charge in [-0.2, -0.15) is 0 Å². The summed E-state index contributed by atoms with van der Waals surface area (Å²) in [4.78, 5) is 19.4. The number of carbonyl (C=O) groups excluding carboxylic acids is 1. The Hall–Kier alpha value is -3.38. The number of carbonyl (C=O) groups is 1. The van der Waals surface area contributed by atoms with Gasteiger partial charge < -0.3 is 21.7 Å². The van der Waals surface area contributed by atoms with Gasteiger partial charge >= 0.3 is 0 Å². The molecule has 1 aliphatic heterocycles. The fourth-order valence-electron chi connectivity index (χ4n) is 3.53. The maximum Gasteiger partial charge on any atom is 0.255 e. The molecule has 0 aliphatic carbocycles. The normalized spacial score (nSPS) is 14.6. The van der Waals surface area contributed by atoms with E-state index >= 15 is 0 Å². The van der Waals surface area contributed by atoms with E-state index in [1.165, 1.54) is 0 Å². The molecular weight excluding hydrogens is 362 g/mol. The number of nitrogens with one attached hydrogen (secondary N) is 1. The second-order valence-corrected chi connectivity index (χ2v) is 7.34. The van der Waals surface area contributed by atoms with E-state index in [-0.39, 0.29) is 5.91 Å². The summed E-state index contributed by atoms with van der Waals surface area (Å²) in [5.41, 5.74) is 16.6. The Morgan fingerprint density at radius 1 is 1.03 bits per heavy atom. The van der Waals surface area contributed by atoms with Gasteiger partial charge in [-0.3, -0.25) is 9.78 Å². The first-order valence-electron chi connectivity index (χ1n) is 9.83. The summed E-state index contributed by atoms with van der Waals surface area (Å²) in [6.45, 7) is 1.90. The van der Waals surface area contributed by atoms with E-state index in [1.807, 2.05) is 54.6 Å². The molecule has 1 aliphatic rings. The Bertz CT molecular complexity index is 980. The molecule has 6 nitrogen and oxygen atoms in total. The zero-order valence-electron chi connectivity index (χ0n) is 16.2. The van der Waals surface area contributed by atoms with Crippen LogP contribution in [0.25, 0.3) is 11.3 Å². The van der Waals surface area contributed by atoms with Gasteiger partial charge in [-0.05, 0) is 61.4 Å². The lowest BCUT2D eigenvalue weighted by atomic mass is 10.0. The molecule has 0 spiro atoms. The predicted molar refractivity (Wildman–Crippen MR) is 118 cm³/mol. The molecule has 0 unspecified atom stereocenters. The van der Waals surface area contributed by atoms with Crippen LogP contribution in [0.3, 0.4) is 0 Å². The molecule has 4 rings (SSSR count). The maximum atomic E-state index is 12.7. The first-order valence-corrected chi connectivity index (χ1v) is 9.83. The highest BCUT2D eigenvalue weighted by Gasteiger charge is 2.17. The average molecular weight is 387 g/mol. The molecule has 2 aromatic carbocycles. The highest BCUT2D eigenvalue weighted by atomic mass is 16.1. The van der Waals surface area contributed by atoms with Crippen molar-refractivity contribution >= 4 is 23.0 Å². The summed E-state index contributed by atoms with van der Waals surface area (Å²) in [5.74, 6) is -0.193. The van der Waals surface area contributed by atoms with Crippen LogP contribution < -0.4 is 21.7 Å². The van der Waals surface area contributed by atoms with Gasteiger partial charge in [-0.1, -0.05) is 12.1 Å². The molecule has 1 saturated heterocycles. The SMILES string of the molecule is Nc1ccc(-c2ccccn2)cc1NC(=O)c1ccc(N2CCC(N)CC2)cc1. The van der Waals surface area contributed by atoms with Gasteiger partial charge in [0.2, 0.25) is 0 Å². The van der Waals surface area contributed by atoms with Crippen molar-refractivity contribution < 1.29 is 4.79 Å². The first-order chi connectivity index (χ1) is 14.1. The van der Waals surface area contributed by atoms with Crippen LogP contribution in [0, 0.1) is 0 Å². The fraction of sp³-hybridized carbons (Fsp3) is 0.217. The molecule has 1 amide bonds. The Morgan fingerprint density at radius 3 is 2.48 bits per heavy atom. The Morgan fingerprint density at radius 2 is 1.79 bits per heavy atom. The van der Waals surface area contributed by atoms with Gasteiger partial charge in [0.05, 0.1) is 17.1 Å². The third kappa shape index (κ3) is 4.38. The number of benzene rings is 2. The van der Waals surface area contributed by atoms with Gasteiger partial charge in [0, 0.05) is 42.1 Å². The third-order valence-corrected chi connectivity index (χ3v) is 5.30. The van der Waals surface area contributed by atoms with Crippen molar-refractivity contribution in [2.45, 2.75) is 18.9 Å². The molecule has 3 aromatic rings. The van der Waals surface area contributed by atoms with Crippen molar-refractivity contribution in [1.82, 2.24) is 4.98 Å². The van der Waals surface area contributed by atoms with Crippen molar-refractivity contribution in [3.63, 3.8) is 0 Å². The monoisotopic (exact) mass is 387 g/mol. The van der Waals surface area contributed by atoms with Gasteiger partial charge in [-0.15, -0.1) is 0 Å². The summed E-state index contributed by atoms with van der Waals surface area (Å²) in [7, 11) is 0. The second kappa shape index (κ2) is 8.32. The lowest BCUT2D eigenvalue weighted by Crippen LogP contribution is -2.39. The van der Waals surface area contributed by atoms with E-state index in [2.05, 4.69) is 15.2 Å². The van der Waals surface area contributed by atoms with Crippen LogP contribution >= 0.6 is 0 Å². The van der Waals surface area contributed by atoms with Gasteiger partial charge in [0.15, 0.2) is 0 Å². The predicted octanol–water partition coefficient (Wildman–Crippen LogP) is 3.51. The molecule has 0 atom stereocenters. The number of nitrogens with two attached hydrogens (primary N) is 2. The summed E-state index contributed by atoms with van der Waals surface area (Å²) >= 11 is 0. The number of anilines is 3. The molecule has 6 heteroatoms. The number of nitrogens with zero attached hydrogens (tertiary/aromatic N) is 2. The minimum Gasteiger partial charge on any atom is -0.397 e. The highest BCUT2D eigenvalue weighted by Crippen LogP contribution is 2.27. The molecule has 0 saturated carbocycles. The standard InChI is InChI=1S/C23H25N5O/c24-18-10-13-28(14-11-18)19-7-4-16(5-8-19)23(29)27-22-15-17(6-9-20(22)25)21-3-1-2-12-26-21/h1-9,12,15,18H,10-11,13-14,24-25H2,(H,27,29). The van der Waals surface area contributed by atoms with Crippen LogP contribution in [-0.2, 0) is 0 Å². The first kappa shape index (κ1) is 19.0. The van der Waals surface area contributed by atoms with Crippen LogP contribution in [-0.4, -0.2) is 30.0 Å². The highest BCUT2D eigenvalue weighted by molar-refractivity contribution is 6.06. The van der Waals surface area contributed by atoms with E-state index in [1.54, 1.807) is 12.3 Å². The largest absolute Gasteiger partial charge is 0.397 e. The Balaban J connectivity index is 1.48. The van der Waals surface area contributed by atoms with Crippen molar-refractivity contribution in [3.05, 3.63) is 72.4 Å². The van der Waals surface area contributed by atoms with Gasteiger partial charge in [-0.25, -0.2) is 0 Å². The number of rotatable bonds is 4. The topological polar surface area (TPSA) is 97.3 Å². The molecule has 5 N–H and O–H groups in total. The van der Waals surface area contributed by atoms with Crippen molar-refractivity contribution in [1.29, 1.82) is 0 Å². The van der Waals surface area contributed by atoms with Crippen LogP contribution in [0.1, 0.15) is 23.2 Å². The maximum absolute atomic E-state index is 12.7. The molecule has 29 heavy (non-hydrogen) atoms. The smallest absolute Gasteiger partial charge is 0.255 e. The summed E-state index contributed by atoms with van der Waals surface area (Å²) in [6.07, 6.45) is 3.73. The minimum absolute atomic E-state index is 0.193. The van der Waals surface area contributed by atoms with E-state index < -0.39 is 0 Å². The van der Waals surface area contributed by atoms with Crippen molar-refractivity contribution in [2.24, 2.45) is 5.73 Å². The third-order valence-electron chi connectivity index (χ3n) is 5.30. The molecule has 0 bridgehead atoms. The number of nitrogen functional groups attached to an aromatic ring is 1. The Labute approximate surface area is 170 Å². The number of piperidine rings is 1. The zero-order chi connectivity index (χ0) is 20.2. The minimum atomic E-state index is -0.193. The van der Waals surface area contributed by atoms with Crippen LogP contribution in [0.5, 0.6) is 0 Å². The van der Waals surface area contributed by atoms with Gasteiger partial charge in [0.25, 0.3) is 5.91 Å².